The van der Waals surface area contributed by atoms with Gasteiger partial charge in [-0.15, -0.1) is 0 Å². The van der Waals surface area contributed by atoms with Gasteiger partial charge in [0.15, 0.2) is 6.61 Å². The molecular weight excluding hydrogens is 206 g/mol. The first-order valence-electron chi connectivity index (χ1n) is 5.76. The highest BCUT2D eigenvalue weighted by Crippen LogP contribution is 2.00. The van der Waals surface area contributed by atoms with E-state index in [4.69, 9.17) is 0 Å². The van der Waals surface area contributed by atoms with E-state index in [1.807, 2.05) is 0 Å². The highest BCUT2D eigenvalue weighted by molar-refractivity contribution is 5.85. The molecular formula is C12H21NO3. The molecule has 0 aliphatic heterocycles. The predicted molar refractivity (Wildman–Crippen MR) is 62.9 cm³/mol. The van der Waals surface area contributed by atoms with Crippen LogP contribution in [-0.2, 0) is 14.3 Å². The van der Waals surface area contributed by atoms with E-state index in [1.165, 1.54) is 19.3 Å². The summed E-state index contributed by atoms with van der Waals surface area (Å²) in [5.41, 5.74) is 0. The lowest BCUT2D eigenvalue weighted by molar-refractivity contribution is -0.143. The molecule has 0 aliphatic rings. The molecule has 4 heteroatoms. The number of amides is 1. The van der Waals surface area contributed by atoms with Gasteiger partial charge in [-0.25, -0.2) is 4.79 Å². The first kappa shape index (κ1) is 14.7. The number of rotatable bonds is 9. The second-order valence-electron chi connectivity index (χ2n) is 3.58. The average molecular weight is 227 g/mol. The zero-order valence-electron chi connectivity index (χ0n) is 9.96. The molecule has 0 heterocycles. The fourth-order valence-corrected chi connectivity index (χ4v) is 1.20. The van der Waals surface area contributed by atoms with Gasteiger partial charge in [0.2, 0.25) is 0 Å². The van der Waals surface area contributed by atoms with Crippen LogP contribution in [0.4, 0.5) is 0 Å². The molecule has 16 heavy (non-hydrogen) atoms. The van der Waals surface area contributed by atoms with Crippen LogP contribution in [0.25, 0.3) is 0 Å². The van der Waals surface area contributed by atoms with Gasteiger partial charge in [0.25, 0.3) is 5.91 Å². The highest BCUT2D eigenvalue weighted by atomic mass is 16.5. The summed E-state index contributed by atoms with van der Waals surface area (Å²) in [5.74, 6) is -0.830. The first-order chi connectivity index (χ1) is 7.70. The van der Waals surface area contributed by atoms with Gasteiger partial charge in [0.05, 0.1) is 0 Å². The smallest absolute Gasteiger partial charge is 0.330 e. The molecule has 0 saturated heterocycles. The normalized spacial score (nSPS) is 9.56. The molecule has 0 aromatic rings. The van der Waals surface area contributed by atoms with E-state index in [0.29, 0.717) is 6.54 Å². The summed E-state index contributed by atoms with van der Waals surface area (Å²) in [5, 5.41) is 2.69. The maximum atomic E-state index is 11.1. The molecule has 0 aromatic carbocycles. The highest BCUT2D eigenvalue weighted by Gasteiger charge is 2.03. The molecule has 0 fully saturated rings. The van der Waals surface area contributed by atoms with E-state index in [1.54, 1.807) is 0 Å². The van der Waals surface area contributed by atoms with Crippen LogP contribution in [0.1, 0.15) is 39.0 Å². The minimum Gasteiger partial charge on any atom is -0.452 e. The molecule has 1 N–H and O–H groups in total. The topological polar surface area (TPSA) is 55.4 Å². The average Bonchev–Trinajstić information content (AvgIpc) is 2.30. The quantitative estimate of drug-likeness (QED) is 0.371. The van der Waals surface area contributed by atoms with Crippen LogP contribution in [0.2, 0.25) is 0 Å². The van der Waals surface area contributed by atoms with Gasteiger partial charge in [-0.2, -0.15) is 0 Å². The second-order valence-corrected chi connectivity index (χ2v) is 3.58. The zero-order valence-corrected chi connectivity index (χ0v) is 9.96. The van der Waals surface area contributed by atoms with Crippen molar-refractivity contribution in [1.29, 1.82) is 0 Å². The second kappa shape index (κ2) is 10.2. The summed E-state index contributed by atoms with van der Waals surface area (Å²) in [7, 11) is 0. The lowest BCUT2D eigenvalue weighted by Crippen LogP contribution is -2.29. The number of unbranched alkanes of at least 4 members (excludes halogenated alkanes) is 4. The Morgan fingerprint density at radius 1 is 1.25 bits per heavy atom. The number of hydrogen-bond acceptors (Lipinski definition) is 3. The van der Waals surface area contributed by atoms with Gasteiger partial charge in [-0.1, -0.05) is 39.2 Å². The van der Waals surface area contributed by atoms with Gasteiger partial charge in [-0.3, -0.25) is 4.79 Å². The molecule has 0 atom stereocenters. The minimum atomic E-state index is -0.571. The third kappa shape index (κ3) is 9.24. The molecule has 1 amide bonds. The van der Waals surface area contributed by atoms with Crippen molar-refractivity contribution in [3.63, 3.8) is 0 Å². The largest absolute Gasteiger partial charge is 0.452 e. The Hall–Kier alpha value is -1.32. The monoisotopic (exact) mass is 227 g/mol. The standard InChI is InChI=1S/C12H21NO3/c1-3-5-6-7-8-9-13-11(14)10-16-12(15)4-2/h4H,2-3,5-10H2,1H3,(H,13,14). The molecule has 0 aliphatic carbocycles. The number of ether oxygens (including phenoxy) is 1. The summed E-state index contributed by atoms with van der Waals surface area (Å²) < 4.78 is 4.58. The lowest BCUT2D eigenvalue weighted by atomic mass is 10.1. The SMILES string of the molecule is C=CC(=O)OCC(=O)NCCCCCCC. The van der Waals surface area contributed by atoms with Crippen LogP contribution in [0.5, 0.6) is 0 Å². The summed E-state index contributed by atoms with van der Waals surface area (Å²) in [6, 6.07) is 0. The summed E-state index contributed by atoms with van der Waals surface area (Å²) >= 11 is 0. The van der Waals surface area contributed by atoms with Crippen LogP contribution < -0.4 is 5.32 Å². The van der Waals surface area contributed by atoms with Gasteiger partial charge < -0.3 is 10.1 Å². The van der Waals surface area contributed by atoms with Crippen LogP contribution in [0.3, 0.4) is 0 Å². The minimum absolute atomic E-state index is 0.222. The van der Waals surface area contributed by atoms with E-state index in [9.17, 15) is 9.59 Å². The molecule has 0 aromatic heterocycles. The van der Waals surface area contributed by atoms with Gasteiger partial charge in [-0.05, 0) is 6.42 Å². The summed E-state index contributed by atoms with van der Waals surface area (Å²) in [6.07, 6.45) is 6.80. The van der Waals surface area contributed by atoms with Crippen molar-refractivity contribution in [2.45, 2.75) is 39.0 Å². The third-order valence-electron chi connectivity index (χ3n) is 2.11. The zero-order chi connectivity index (χ0) is 12.2. The molecule has 0 radical (unpaired) electrons. The van der Waals surface area contributed by atoms with E-state index >= 15 is 0 Å². The summed E-state index contributed by atoms with van der Waals surface area (Å²) in [6.45, 7) is 5.82. The van der Waals surface area contributed by atoms with Crippen LogP contribution >= 0.6 is 0 Å². The first-order valence-corrected chi connectivity index (χ1v) is 5.76. The van der Waals surface area contributed by atoms with Gasteiger partial charge >= 0.3 is 5.97 Å². The molecule has 0 saturated carbocycles. The van der Waals surface area contributed by atoms with E-state index in [-0.39, 0.29) is 12.5 Å². The van der Waals surface area contributed by atoms with Crippen LogP contribution in [-0.4, -0.2) is 25.0 Å². The molecule has 92 valence electrons. The van der Waals surface area contributed by atoms with E-state index in [2.05, 4.69) is 23.6 Å². The number of nitrogens with one attached hydrogen (secondary N) is 1. The van der Waals surface area contributed by atoms with Crippen molar-refractivity contribution in [2.24, 2.45) is 0 Å². The van der Waals surface area contributed by atoms with Gasteiger partial charge in [0, 0.05) is 12.6 Å². The fourth-order valence-electron chi connectivity index (χ4n) is 1.20. The Kier molecular flexibility index (Phi) is 9.36. The van der Waals surface area contributed by atoms with E-state index < -0.39 is 5.97 Å². The Balaban J connectivity index is 3.30. The summed E-state index contributed by atoms with van der Waals surface area (Å²) in [4.78, 5) is 21.8. The van der Waals surface area contributed by atoms with E-state index in [0.717, 1.165) is 18.9 Å². The maximum Gasteiger partial charge on any atom is 0.330 e. The van der Waals surface area contributed by atoms with Crippen molar-refractivity contribution < 1.29 is 14.3 Å². The maximum absolute atomic E-state index is 11.1. The molecule has 4 nitrogen and oxygen atoms in total. The lowest BCUT2D eigenvalue weighted by Gasteiger charge is -2.04. The predicted octanol–water partition coefficient (Wildman–Crippen LogP) is 1.80. The van der Waals surface area contributed by atoms with Crippen molar-refractivity contribution in [2.75, 3.05) is 13.2 Å². The van der Waals surface area contributed by atoms with Crippen molar-refractivity contribution in [3.8, 4) is 0 Å². The van der Waals surface area contributed by atoms with Crippen LogP contribution in [0, 0.1) is 0 Å². The third-order valence-corrected chi connectivity index (χ3v) is 2.11. The molecule has 0 unspecified atom stereocenters. The number of esters is 1. The molecule has 0 bridgehead atoms. The number of hydrogen-bond donors (Lipinski definition) is 1. The Labute approximate surface area is 97.1 Å². The van der Waals surface area contributed by atoms with Crippen molar-refractivity contribution in [1.82, 2.24) is 5.32 Å². The Bertz CT molecular complexity index is 226. The Morgan fingerprint density at radius 3 is 2.56 bits per heavy atom. The molecule has 0 spiro atoms. The van der Waals surface area contributed by atoms with Gasteiger partial charge in [0.1, 0.15) is 0 Å². The number of carbonyl (C=O) groups excluding carboxylic acids is 2. The fraction of sp³-hybridized carbons (Fsp3) is 0.667. The van der Waals surface area contributed by atoms with Crippen LogP contribution in [0.15, 0.2) is 12.7 Å². The van der Waals surface area contributed by atoms with Crippen molar-refractivity contribution >= 4 is 11.9 Å². The molecule has 0 rings (SSSR count). The number of carbonyl (C=O) groups is 2. The van der Waals surface area contributed by atoms with Crippen molar-refractivity contribution in [3.05, 3.63) is 12.7 Å². The Morgan fingerprint density at radius 2 is 1.94 bits per heavy atom.